The molecule has 0 fully saturated rings. The van der Waals surface area contributed by atoms with Crippen molar-refractivity contribution < 1.29 is 14.3 Å². The molecule has 0 spiro atoms. The molecule has 5 N–H and O–H groups in total. The Kier molecular flexibility index (Phi) is 5.83. The number of hydrogen-bond donors (Lipinski definition) is 3. The van der Waals surface area contributed by atoms with Gasteiger partial charge in [-0.05, 0) is 31.5 Å². The van der Waals surface area contributed by atoms with Gasteiger partial charge in [0.2, 0.25) is 0 Å². The van der Waals surface area contributed by atoms with Gasteiger partial charge in [0.05, 0.1) is 5.56 Å². The number of benzene rings is 1. The van der Waals surface area contributed by atoms with Crippen LogP contribution in [0.1, 0.15) is 37.0 Å². The smallest absolute Gasteiger partial charge is 0.260 e. The van der Waals surface area contributed by atoms with Crippen molar-refractivity contribution in [1.29, 1.82) is 0 Å². The van der Waals surface area contributed by atoms with E-state index in [2.05, 4.69) is 5.32 Å². The van der Waals surface area contributed by atoms with Crippen LogP contribution in [0.25, 0.3) is 0 Å². The Morgan fingerprint density at radius 1 is 1.40 bits per heavy atom. The maximum absolute atomic E-state index is 11.8. The predicted octanol–water partition coefficient (Wildman–Crippen LogP) is 1.05. The quantitative estimate of drug-likeness (QED) is 0.512. The summed E-state index contributed by atoms with van der Waals surface area (Å²) in [4.78, 5) is 23.1. The number of primary amides is 1. The molecule has 1 atom stereocenters. The fraction of sp³-hybridized carbons (Fsp3) is 0.429. The van der Waals surface area contributed by atoms with Gasteiger partial charge in [-0.15, -0.1) is 0 Å². The molecule has 0 aliphatic carbocycles. The summed E-state index contributed by atoms with van der Waals surface area (Å²) >= 11 is 0. The van der Waals surface area contributed by atoms with E-state index >= 15 is 0 Å². The summed E-state index contributed by atoms with van der Waals surface area (Å²) in [5.41, 5.74) is 11.4. The van der Waals surface area contributed by atoms with E-state index in [0.29, 0.717) is 12.2 Å². The Bertz CT molecular complexity index is 489. The van der Waals surface area contributed by atoms with Crippen LogP contribution in [-0.4, -0.2) is 24.5 Å². The molecule has 0 bridgehead atoms. The van der Waals surface area contributed by atoms with Crippen molar-refractivity contribution in [3.63, 3.8) is 0 Å². The summed E-state index contributed by atoms with van der Waals surface area (Å²) in [6.07, 6.45) is 1.19. The number of nitrogens with one attached hydrogen (secondary N) is 1. The monoisotopic (exact) mass is 279 g/mol. The van der Waals surface area contributed by atoms with Gasteiger partial charge in [-0.2, -0.15) is 0 Å². The maximum Gasteiger partial charge on any atom is 0.260 e. The van der Waals surface area contributed by atoms with E-state index < -0.39 is 12.0 Å². The Morgan fingerprint density at radius 2 is 2.10 bits per heavy atom. The Labute approximate surface area is 118 Å². The fourth-order valence-electron chi connectivity index (χ4n) is 1.62. The molecule has 6 heteroatoms. The molecular formula is C14H21N3O3. The lowest BCUT2D eigenvalue weighted by Crippen LogP contribution is -2.37. The van der Waals surface area contributed by atoms with Crippen LogP contribution in [0.5, 0.6) is 5.75 Å². The largest absolute Gasteiger partial charge is 0.480 e. The number of hydrogen-bond acceptors (Lipinski definition) is 4. The van der Waals surface area contributed by atoms with Gasteiger partial charge in [0.15, 0.2) is 6.10 Å². The zero-order valence-corrected chi connectivity index (χ0v) is 11.8. The number of amides is 2. The second-order valence-corrected chi connectivity index (χ2v) is 4.52. The van der Waals surface area contributed by atoms with E-state index in [1.807, 2.05) is 6.92 Å². The third-order valence-electron chi connectivity index (χ3n) is 2.77. The second kappa shape index (κ2) is 7.37. The summed E-state index contributed by atoms with van der Waals surface area (Å²) < 4.78 is 5.49. The molecule has 1 rings (SSSR count). The van der Waals surface area contributed by atoms with Crippen molar-refractivity contribution in [3.8, 4) is 5.75 Å². The Morgan fingerprint density at radius 3 is 2.70 bits per heavy atom. The minimum atomic E-state index is -0.714. The molecule has 0 heterocycles. The van der Waals surface area contributed by atoms with Crippen LogP contribution in [0.2, 0.25) is 0 Å². The lowest BCUT2D eigenvalue weighted by Gasteiger charge is -2.16. The molecule has 0 aliphatic rings. The average molecular weight is 279 g/mol. The number of rotatable bonds is 7. The van der Waals surface area contributed by atoms with Crippen molar-refractivity contribution in [2.75, 3.05) is 12.3 Å². The molecule has 0 saturated heterocycles. The molecule has 0 aliphatic heterocycles. The summed E-state index contributed by atoms with van der Waals surface area (Å²) in [6.45, 7) is 4.26. The van der Waals surface area contributed by atoms with Crippen LogP contribution in [0, 0.1) is 0 Å². The first-order valence-electron chi connectivity index (χ1n) is 6.59. The number of ether oxygens (including phenoxy) is 1. The van der Waals surface area contributed by atoms with E-state index in [1.165, 1.54) is 12.1 Å². The normalized spacial score (nSPS) is 11.7. The summed E-state index contributed by atoms with van der Waals surface area (Å²) in [6, 6.07) is 4.55. The summed E-state index contributed by atoms with van der Waals surface area (Å²) in [7, 11) is 0. The maximum atomic E-state index is 11.8. The molecule has 20 heavy (non-hydrogen) atoms. The molecule has 0 aromatic heterocycles. The van der Waals surface area contributed by atoms with Crippen LogP contribution in [0.3, 0.4) is 0 Å². The number of carbonyl (C=O) groups is 2. The summed E-state index contributed by atoms with van der Waals surface area (Å²) in [5.74, 6) is -0.624. The number of anilines is 1. The zero-order valence-electron chi connectivity index (χ0n) is 11.8. The summed E-state index contributed by atoms with van der Waals surface area (Å²) in [5, 5.41) is 2.76. The van der Waals surface area contributed by atoms with Gasteiger partial charge in [0.25, 0.3) is 11.8 Å². The van der Waals surface area contributed by atoms with E-state index in [1.54, 1.807) is 13.0 Å². The first kappa shape index (κ1) is 15.8. The first-order valence-corrected chi connectivity index (χ1v) is 6.59. The number of carbonyl (C=O) groups excluding carboxylic acids is 2. The van der Waals surface area contributed by atoms with Crippen molar-refractivity contribution in [2.24, 2.45) is 5.73 Å². The fourth-order valence-corrected chi connectivity index (χ4v) is 1.62. The predicted molar refractivity (Wildman–Crippen MR) is 77.4 cm³/mol. The van der Waals surface area contributed by atoms with Crippen molar-refractivity contribution in [2.45, 2.75) is 32.8 Å². The molecule has 0 saturated carbocycles. The van der Waals surface area contributed by atoms with Crippen LogP contribution >= 0.6 is 0 Å². The third-order valence-corrected chi connectivity index (χ3v) is 2.77. The van der Waals surface area contributed by atoms with Crippen LogP contribution in [-0.2, 0) is 4.79 Å². The first-order chi connectivity index (χ1) is 9.45. The van der Waals surface area contributed by atoms with E-state index in [-0.39, 0.29) is 17.2 Å². The minimum Gasteiger partial charge on any atom is -0.480 e. The lowest BCUT2D eigenvalue weighted by molar-refractivity contribution is -0.127. The van der Waals surface area contributed by atoms with Crippen molar-refractivity contribution in [3.05, 3.63) is 23.8 Å². The van der Waals surface area contributed by atoms with E-state index in [0.717, 1.165) is 12.8 Å². The van der Waals surface area contributed by atoms with Crippen LogP contribution in [0.15, 0.2) is 18.2 Å². The molecular weight excluding hydrogens is 258 g/mol. The molecule has 110 valence electrons. The van der Waals surface area contributed by atoms with Gasteiger partial charge in [-0.1, -0.05) is 13.3 Å². The highest BCUT2D eigenvalue weighted by Crippen LogP contribution is 2.22. The molecule has 1 aromatic rings. The van der Waals surface area contributed by atoms with Gasteiger partial charge in [-0.25, -0.2) is 0 Å². The number of nitrogens with two attached hydrogens (primary N) is 2. The molecule has 1 aromatic carbocycles. The van der Waals surface area contributed by atoms with Gasteiger partial charge in [0, 0.05) is 12.2 Å². The van der Waals surface area contributed by atoms with E-state index in [9.17, 15) is 9.59 Å². The van der Waals surface area contributed by atoms with Crippen molar-refractivity contribution >= 4 is 17.5 Å². The van der Waals surface area contributed by atoms with Gasteiger partial charge in [0.1, 0.15) is 5.75 Å². The van der Waals surface area contributed by atoms with E-state index in [4.69, 9.17) is 16.2 Å². The SMILES string of the molecule is CCCCNC(=O)C(C)Oc1ccc(N)cc1C(N)=O. The average Bonchev–Trinajstić information content (AvgIpc) is 2.40. The van der Waals surface area contributed by atoms with Gasteiger partial charge >= 0.3 is 0 Å². The lowest BCUT2D eigenvalue weighted by atomic mass is 10.1. The van der Waals surface area contributed by atoms with Crippen molar-refractivity contribution in [1.82, 2.24) is 5.32 Å². The highest BCUT2D eigenvalue weighted by molar-refractivity contribution is 5.96. The minimum absolute atomic E-state index is 0.165. The highest BCUT2D eigenvalue weighted by Gasteiger charge is 2.17. The Hall–Kier alpha value is -2.24. The van der Waals surface area contributed by atoms with Crippen LogP contribution < -0.4 is 21.5 Å². The number of nitrogen functional groups attached to an aromatic ring is 1. The van der Waals surface area contributed by atoms with Gasteiger partial charge in [-0.3, -0.25) is 9.59 Å². The second-order valence-electron chi connectivity index (χ2n) is 4.52. The Balaban J connectivity index is 2.72. The zero-order chi connectivity index (χ0) is 15.1. The number of unbranched alkanes of at least 4 members (excludes halogenated alkanes) is 1. The van der Waals surface area contributed by atoms with Crippen LogP contribution in [0.4, 0.5) is 5.69 Å². The van der Waals surface area contributed by atoms with Gasteiger partial charge < -0.3 is 21.5 Å². The molecule has 0 radical (unpaired) electrons. The third kappa shape index (κ3) is 4.46. The molecule has 2 amide bonds. The topological polar surface area (TPSA) is 107 Å². The molecule has 6 nitrogen and oxygen atoms in total. The standard InChI is InChI=1S/C14H21N3O3/c1-3-4-7-17-14(19)9(2)20-12-6-5-10(15)8-11(12)13(16)18/h5-6,8-9H,3-4,7,15H2,1-2H3,(H2,16,18)(H,17,19). The highest BCUT2D eigenvalue weighted by atomic mass is 16.5. The molecule has 1 unspecified atom stereocenters.